The van der Waals surface area contributed by atoms with Crippen LogP contribution in [0.25, 0.3) is 0 Å². The topological polar surface area (TPSA) is 77.0 Å². The lowest BCUT2D eigenvalue weighted by Crippen LogP contribution is -2.46. The quantitative estimate of drug-likeness (QED) is 0.646. The van der Waals surface area contributed by atoms with Crippen molar-refractivity contribution in [2.75, 3.05) is 18.0 Å². The van der Waals surface area contributed by atoms with Gasteiger partial charge >= 0.3 is 13.2 Å². The molecular formula is C23H37BN4O4. The Bertz CT molecular complexity index is 819. The minimum absolute atomic E-state index is 0.108. The van der Waals surface area contributed by atoms with Crippen LogP contribution in [-0.2, 0) is 14.0 Å². The van der Waals surface area contributed by atoms with Crippen LogP contribution in [-0.4, -0.2) is 70.1 Å². The Morgan fingerprint density at radius 2 is 1.75 bits per heavy atom. The third-order valence-electron chi connectivity index (χ3n) is 6.84. The van der Waals surface area contributed by atoms with Gasteiger partial charge in [-0.15, -0.1) is 0 Å². The highest BCUT2D eigenvalue weighted by molar-refractivity contribution is 6.61. The number of rotatable bonds is 5. The zero-order valence-corrected chi connectivity index (χ0v) is 20.6. The van der Waals surface area contributed by atoms with Crippen molar-refractivity contribution < 1.29 is 18.8 Å². The molecule has 3 heterocycles. The van der Waals surface area contributed by atoms with E-state index in [-0.39, 0.29) is 12.1 Å². The Kier molecular flexibility index (Phi) is 5.95. The summed E-state index contributed by atoms with van der Waals surface area (Å²) in [5.41, 5.74) is -0.472. The SMILES string of the molecule is CC(C)(C)OC(=O)N1CCC[C@H]1CN(c1ncc(B2OC(C)(C)C(C)(C)O2)cn1)C1CC1. The highest BCUT2D eigenvalue weighted by atomic mass is 16.7. The molecule has 1 aromatic heterocycles. The second-order valence-electron chi connectivity index (χ2n) is 11.3. The predicted molar refractivity (Wildman–Crippen MR) is 124 cm³/mol. The molecular weight excluding hydrogens is 407 g/mol. The van der Waals surface area contributed by atoms with E-state index in [4.69, 9.17) is 14.0 Å². The summed E-state index contributed by atoms with van der Waals surface area (Å²) in [6.07, 6.45) is 7.59. The first-order valence-corrected chi connectivity index (χ1v) is 11.8. The zero-order chi connectivity index (χ0) is 23.3. The van der Waals surface area contributed by atoms with E-state index in [1.165, 1.54) is 0 Å². The van der Waals surface area contributed by atoms with Gasteiger partial charge in [-0.05, 0) is 74.1 Å². The molecule has 0 unspecified atom stereocenters. The first-order valence-electron chi connectivity index (χ1n) is 11.8. The lowest BCUT2D eigenvalue weighted by molar-refractivity contribution is 0.00578. The van der Waals surface area contributed by atoms with Gasteiger partial charge in [0.15, 0.2) is 0 Å². The normalized spacial score (nSPS) is 24.7. The van der Waals surface area contributed by atoms with E-state index < -0.39 is 23.9 Å². The van der Waals surface area contributed by atoms with Crippen LogP contribution in [0.15, 0.2) is 12.4 Å². The van der Waals surface area contributed by atoms with Crippen LogP contribution in [0.4, 0.5) is 10.7 Å². The standard InChI is InChI=1S/C23H37BN4O4/c1-21(2,3)30-20(29)27-12-8-9-18(27)15-28(17-10-11-17)19-25-13-16(14-26-19)24-31-22(4,5)23(6,7)32-24/h13-14,17-18H,8-12,15H2,1-7H3/t18-/m0/s1. The summed E-state index contributed by atoms with van der Waals surface area (Å²) in [4.78, 5) is 26.2. The van der Waals surface area contributed by atoms with E-state index in [0.29, 0.717) is 12.0 Å². The number of nitrogens with zero attached hydrogens (tertiary/aromatic N) is 4. The largest absolute Gasteiger partial charge is 0.498 e. The number of amides is 1. The average molecular weight is 444 g/mol. The number of carbonyl (C=O) groups excluding carboxylic acids is 1. The second-order valence-corrected chi connectivity index (χ2v) is 11.3. The molecule has 1 atom stereocenters. The molecule has 0 aromatic carbocycles. The van der Waals surface area contributed by atoms with Crippen LogP contribution >= 0.6 is 0 Å². The summed E-state index contributed by atoms with van der Waals surface area (Å²) >= 11 is 0. The molecule has 1 aromatic rings. The van der Waals surface area contributed by atoms with Gasteiger partial charge in [0.25, 0.3) is 0 Å². The molecule has 1 saturated carbocycles. The summed E-state index contributed by atoms with van der Waals surface area (Å²) in [5.74, 6) is 0.698. The van der Waals surface area contributed by atoms with Crippen molar-refractivity contribution in [1.82, 2.24) is 14.9 Å². The van der Waals surface area contributed by atoms with Crippen LogP contribution in [0, 0.1) is 0 Å². The summed E-state index contributed by atoms with van der Waals surface area (Å²) in [6.45, 7) is 15.3. The van der Waals surface area contributed by atoms with Crippen molar-refractivity contribution in [2.24, 2.45) is 0 Å². The number of anilines is 1. The van der Waals surface area contributed by atoms with Crippen molar-refractivity contribution in [1.29, 1.82) is 0 Å². The Labute approximate surface area is 192 Å². The fraction of sp³-hybridized carbons (Fsp3) is 0.783. The molecule has 2 aliphatic heterocycles. The number of ether oxygens (including phenoxy) is 1. The maximum atomic E-state index is 12.7. The van der Waals surface area contributed by atoms with Crippen LogP contribution in [0.1, 0.15) is 74.1 Å². The molecule has 1 aliphatic carbocycles. The lowest BCUT2D eigenvalue weighted by atomic mass is 9.81. The number of hydrogen-bond donors (Lipinski definition) is 0. The minimum atomic E-state index is -0.493. The Balaban J connectivity index is 1.45. The van der Waals surface area contributed by atoms with E-state index in [1.54, 1.807) is 12.4 Å². The Morgan fingerprint density at radius 1 is 1.16 bits per heavy atom. The van der Waals surface area contributed by atoms with E-state index in [1.807, 2.05) is 53.4 Å². The van der Waals surface area contributed by atoms with Crippen molar-refractivity contribution >= 4 is 24.6 Å². The first-order chi connectivity index (χ1) is 14.9. The summed E-state index contributed by atoms with van der Waals surface area (Å²) in [6, 6.07) is 0.538. The third kappa shape index (κ3) is 4.88. The molecule has 0 radical (unpaired) electrons. The molecule has 1 amide bonds. The molecule has 3 aliphatic rings. The Morgan fingerprint density at radius 3 is 2.28 bits per heavy atom. The highest BCUT2D eigenvalue weighted by Gasteiger charge is 2.52. The predicted octanol–water partition coefficient (Wildman–Crippen LogP) is 3.14. The summed E-state index contributed by atoms with van der Waals surface area (Å²) in [5, 5.41) is 0. The average Bonchev–Trinajstić information content (AvgIpc) is 3.35. The maximum absolute atomic E-state index is 12.7. The first kappa shape index (κ1) is 23.3. The van der Waals surface area contributed by atoms with Gasteiger partial charge in [-0.25, -0.2) is 14.8 Å². The van der Waals surface area contributed by atoms with Gasteiger partial charge in [0, 0.05) is 37.0 Å². The maximum Gasteiger partial charge on any atom is 0.498 e. The zero-order valence-electron chi connectivity index (χ0n) is 20.6. The molecule has 32 heavy (non-hydrogen) atoms. The lowest BCUT2D eigenvalue weighted by Gasteiger charge is -2.32. The smallest absolute Gasteiger partial charge is 0.444 e. The second kappa shape index (κ2) is 8.17. The molecule has 2 saturated heterocycles. The number of likely N-dealkylation sites (tertiary alicyclic amines) is 1. The summed E-state index contributed by atoms with van der Waals surface area (Å²) < 4.78 is 17.9. The van der Waals surface area contributed by atoms with E-state index in [0.717, 1.165) is 44.2 Å². The van der Waals surface area contributed by atoms with E-state index in [2.05, 4.69) is 14.9 Å². The molecule has 9 heteroatoms. The van der Waals surface area contributed by atoms with Gasteiger partial charge in [-0.1, -0.05) is 0 Å². The van der Waals surface area contributed by atoms with Crippen LogP contribution in [0.2, 0.25) is 0 Å². The summed E-state index contributed by atoms with van der Waals surface area (Å²) in [7, 11) is -0.471. The molecule has 0 N–H and O–H groups in total. The molecule has 8 nitrogen and oxygen atoms in total. The fourth-order valence-electron chi connectivity index (χ4n) is 4.17. The van der Waals surface area contributed by atoms with Crippen molar-refractivity contribution in [3.8, 4) is 0 Å². The van der Waals surface area contributed by atoms with Crippen molar-refractivity contribution in [3.63, 3.8) is 0 Å². The minimum Gasteiger partial charge on any atom is -0.444 e. The van der Waals surface area contributed by atoms with Crippen LogP contribution < -0.4 is 10.4 Å². The van der Waals surface area contributed by atoms with Crippen molar-refractivity contribution in [2.45, 2.75) is 103 Å². The van der Waals surface area contributed by atoms with E-state index >= 15 is 0 Å². The van der Waals surface area contributed by atoms with Gasteiger partial charge in [-0.2, -0.15) is 0 Å². The van der Waals surface area contributed by atoms with Gasteiger partial charge in [0.05, 0.1) is 17.2 Å². The molecule has 0 spiro atoms. The fourth-order valence-corrected chi connectivity index (χ4v) is 4.17. The number of aromatic nitrogens is 2. The monoisotopic (exact) mass is 444 g/mol. The van der Waals surface area contributed by atoms with Crippen molar-refractivity contribution in [3.05, 3.63) is 12.4 Å². The van der Waals surface area contributed by atoms with E-state index in [9.17, 15) is 4.79 Å². The molecule has 3 fully saturated rings. The van der Waals surface area contributed by atoms with Crippen LogP contribution in [0.3, 0.4) is 0 Å². The number of carbonyl (C=O) groups is 1. The highest BCUT2D eigenvalue weighted by Crippen LogP contribution is 2.36. The molecule has 176 valence electrons. The van der Waals surface area contributed by atoms with Gasteiger partial charge < -0.3 is 23.8 Å². The van der Waals surface area contributed by atoms with Gasteiger partial charge in [-0.3, -0.25) is 0 Å². The van der Waals surface area contributed by atoms with Gasteiger partial charge in [0.2, 0.25) is 5.95 Å². The third-order valence-corrected chi connectivity index (χ3v) is 6.84. The van der Waals surface area contributed by atoms with Crippen LogP contribution in [0.5, 0.6) is 0 Å². The van der Waals surface area contributed by atoms with Gasteiger partial charge in [0.1, 0.15) is 5.60 Å². The molecule has 0 bridgehead atoms. The Hall–Kier alpha value is -1.87. The molecule has 4 rings (SSSR count). The number of hydrogen-bond acceptors (Lipinski definition) is 7.